The molecule has 4 unspecified atom stereocenters. The Balaban J connectivity index is 0.00000208. The summed E-state index contributed by atoms with van der Waals surface area (Å²) in [5.41, 5.74) is 0.943. The van der Waals surface area contributed by atoms with E-state index in [1.54, 1.807) is 19.4 Å². The topological polar surface area (TPSA) is 109 Å². The van der Waals surface area contributed by atoms with Crippen molar-refractivity contribution in [2.45, 2.75) is 32.4 Å². The third kappa shape index (κ3) is 3.17. The normalized spacial score (nSPS) is 26.7. The summed E-state index contributed by atoms with van der Waals surface area (Å²) in [4.78, 5) is 32.6. The summed E-state index contributed by atoms with van der Waals surface area (Å²) in [6, 6.07) is -0.287. The molecule has 1 aromatic rings. The number of fused-ring (bicyclic) bond motifs is 1. The van der Waals surface area contributed by atoms with Crippen molar-refractivity contribution in [3.63, 3.8) is 0 Å². The van der Waals surface area contributed by atoms with Gasteiger partial charge in [0.25, 0.3) is 0 Å². The maximum atomic E-state index is 12.2. The van der Waals surface area contributed by atoms with Crippen LogP contribution in [0.25, 0.3) is 0 Å². The monoisotopic (exact) mass is 359 g/mol. The summed E-state index contributed by atoms with van der Waals surface area (Å²) in [5, 5.41) is 21.3. The molecule has 7 nitrogen and oxygen atoms in total. The van der Waals surface area contributed by atoms with Crippen molar-refractivity contribution in [3.05, 3.63) is 28.8 Å². The van der Waals surface area contributed by atoms with Crippen molar-refractivity contribution in [1.82, 2.24) is 14.9 Å². The number of aliphatic hydroxyl groups is 1. The van der Waals surface area contributed by atoms with Gasteiger partial charge in [-0.1, -0.05) is 6.92 Å². The number of hydrogen-bond donors (Lipinski definition) is 2. The molecule has 0 spiro atoms. The zero-order chi connectivity index (χ0) is 16.7. The van der Waals surface area contributed by atoms with Crippen molar-refractivity contribution >= 4 is 23.6 Å². The Morgan fingerprint density at radius 3 is 2.83 bits per heavy atom. The largest absolute Gasteiger partial charge is 1.00 e. The summed E-state index contributed by atoms with van der Waals surface area (Å²) in [6.45, 7) is 3.46. The van der Waals surface area contributed by atoms with E-state index in [9.17, 15) is 19.8 Å². The van der Waals surface area contributed by atoms with Crippen LogP contribution in [0.3, 0.4) is 0 Å². The number of carbonyl (C=O) groups is 2. The number of thioether (sulfide) groups is 1. The number of aliphatic carboxylic acids is 1. The first kappa shape index (κ1) is 19.5. The fourth-order valence-electron chi connectivity index (χ4n) is 3.40. The Hall–Kier alpha value is -0.800. The number of β-lactam (4-membered cyclic amide) rings is 1. The number of carboxylic acids is 1. The van der Waals surface area contributed by atoms with Gasteiger partial charge in [-0.15, -0.1) is 11.8 Å². The van der Waals surface area contributed by atoms with Crippen LogP contribution in [0.15, 0.2) is 23.1 Å². The fraction of sp³-hybridized carbons (Fsp3) is 0.533. The number of rotatable bonds is 6. The predicted molar refractivity (Wildman–Crippen MR) is 81.8 cm³/mol. The molecule has 0 radical (unpaired) electrons. The van der Waals surface area contributed by atoms with E-state index in [1.807, 2.05) is 6.92 Å². The number of aliphatic hydroxyl groups excluding tert-OH is 1. The van der Waals surface area contributed by atoms with Gasteiger partial charge in [0.1, 0.15) is 0 Å². The summed E-state index contributed by atoms with van der Waals surface area (Å²) in [6.07, 6.45) is 3.26. The second-order valence-electron chi connectivity index (χ2n) is 5.93. The van der Waals surface area contributed by atoms with E-state index in [0.717, 1.165) is 12.1 Å². The molecular weight excluding hydrogens is 341 g/mol. The van der Waals surface area contributed by atoms with Crippen LogP contribution in [0, 0.1) is 11.8 Å². The average Bonchev–Trinajstić information content (AvgIpc) is 3.05. The van der Waals surface area contributed by atoms with Crippen molar-refractivity contribution in [2.24, 2.45) is 11.8 Å². The second kappa shape index (κ2) is 7.61. The zero-order valence-corrected chi connectivity index (χ0v) is 16.7. The van der Waals surface area contributed by atoms with E-state index in [2.05, 4.69) is 9.97 Å². The number of H-pyrrole nitrogens is 1. The predicted octanol–water partition coefficient (Wildman–Crippen LogP) is -3.49. The van der Waals surface area contributed by atoms with Crippen molar-refractivity contribution < 1.29 is 49.4 Å². The molecule has 124 valence electrons. The van der Waals surface area contributed by atoms with Crippen LogP contribution in [-0.4, -0.2) is 49.7 Å². The molecule has 1 saturated heterocycles. The summed E-state index contributed by atoms with van der Waals surface area (Å²) >= 11 is 1.43. The van der Waals surface area contributed by atoms with Gasteiger partial charge in [-0.05, 0) is 13.3 Å². The third-order valence-corrected chi connectivity index (χ3v) is 5.77. The number of aromatic nitrogens is 2. The van der Waals surface area contributed by atoms with Crippen molar-refractivity contribution in [2.75, 3.05) is 5.75 Å². The van der Waals surface area contributed by atoms with Crippen LogP contribution in [0.4, 0.5) is 0 Å². The first-order chi connectivity index (χ1) is 10.9. The first-order valence-electron chi connectivity index (χ1n) is 7.50. The van der Waals surface area contributed by atoms with E-state index in [4.69, 9.17) is 0 Å². The third-order valence-electron chi connectivity index (χ3n) is 4.49. The number of carboxylic acid groups (broad SMARTS) is 1. The van der Waals surface area contributed by atoms with Gasteiger partial charge in [-0.25, -0.2) is 4.98 Å². The molecule has 4 atom stereocenters. The standard InChI is InChI=1S/C15H19N3O4S.Na/c1-7-11-10(8(2)19)14(20)18(11)12(15(21)22)13(7)23-4-3-9-5-16-6-17-9;/h5-8,10-11,19H,3-4H2,1-2H3,(H,16,17)(H,21,22);/q;+1/p-1. The van der Waals surface area contributed by atoms with Gasteiger partial charge in [-0.3, -0.25) is 4.79 Å². The van der Waals surface area contributed by atoms with Crippen LogP contribution >= 0.6 is 11.8 Å². The van der Waals surface area contributed by atoms with Gasteiger partial charge in [0.2, 0.25) is 5.91 Å². The number of aryl methyl sites for hydroxylation is 1. The molecular formula is C15H18N3NaO4S. The molecule has 2 aliphatic heterocycles. The van der Waals surface area contributed by atoms with Crippen LogP contribution in [-0.2, 0) is 16.0 Å². The number of nitrogens with zero attached hydrogens (tertiary/aromatic N) is 2. The van der Waals surface area contributed by atoms with Crippen LogP contribution in [0.2, 0.25) is 0 Å². The second-order valence-corrected chi connectivity index (χ2v) is 7.07. The SMILES string of the molecule is CC(O)C1C(=O)N2C(C(=O)[O-])=C(SCCc3cnc[nH]3)C(C)C12.[Na+]. The van der Waals surface area contributed by atoms with E-state index < -0.39 is 18.0 Å². The summed E-state index contributed by atoms with van der Waals surface area (Å²) in [5.74, 6) is -1.65. The number of carbonyl (C=O) groups excluding carboxylic acids is 2. The first-order valence-corrected chi connectivity index (χ1v) is 8.48. The molecule has 0 aromatic carbocycles. The van der Waals surface area contributed by atoms with Gasteiger partial charge in [0, 0.05) is 28.5 Å². The fourth-order valence-corrected chi connectivity index (χ4v) is 4.66. The molecule has 0 saturated carbocycles. The number of hydrogen-bond acceptors (Lipinski definition) is 6. The van der Waals surface area contributed by atoms with E-state index in [1.165, 1.54) is 16.7 Å². The van der Waals surface area contributed by atoms with Gasteiger partial charge in [0.05, 0.1) is 36.1 Å². The zero-order valence-electron chi connectivity index (χ0n) is 13.9. The van der Waals surface area contributed by atoms with Gasteiger partial charge in [-0.2, -0.15) is 0 Å². The van der Waals surface area contributed by atoms with Crippen LogP contribution in [0.1, 0.15) is 19.5 Å². The minimum Gasteiger partial charge on any atom is -0.543 e. The number of nitrogens with one attached hydrogen (secondary N) is 1. The molecule has 24 heavy (non-hydrogen) atoms. The van der Waals surface area contributed by atoms with Crippen molar-refractivity contribution in [3.8, 4) is 0 Å². The Morgan fingerprint density at radius 1 is 1.58 bits per heavy atom. The van der Waals surface area contributed by atoms with E-state index >= 15 is 0 Å². The Kier molecular flexibility index (Phi) is 6.19. The average molecular weight is 359 g/mol. The minimum atomic E-state index is -1.33. The van der Waals surface area contributed by atoms with Crippen LogP contribution in [0.5, 0.6) is 0 Å². The molecule has 0 aliphatic carbocycles. The van der Waals surface area contributed by atoms with E-state index in [0.29, 0.717) is 10.7 Å². The molecule has 1 fully saturated rings. The van der Waals surface area contributed by atoms with Gasteiger partial charge >= 0.3 is 29.6 Å². The number of aromatic amines is 1. The molecule has 1 amide bonds. The van der Waals surface area contributed by atoms with Gasteiger partial charge < -0.3 is 24.9 Å². The molecule has 1 aromatic heterocycles. The van der Waals surface area contributed by atoms with Crippen molar-refractivity contribution in [1.29, 1.82) is 0 Å². The number of amides is 1. The molecule has 3 rings (SSSR count). The Bertz CT molecular complexity index is 662. The molecule has 2 aliphatic rings. The number of imidazole rings is 1. The molecule has 0 bridgehead atoms. The smallest absolute Gasteiger partial charge is 0.543 e. The molecule has 3 heterocycles. The Labute approximate surface area is 166 Å². The molecule has 2 N–H and O–H groups in total. The summed E-state index contributed by atoms with van der Waals surface area (Å²) in [7, 11) is 0. The maximum absolute atomic E-state index is 12.2. The summed E-state index contributed by atoms with van der Waals surface area (Å²) < 4.78 is 0. The van der Waals surface area contributed by atoms with Gasteiger partial charge in [0.15, 0.2) is 0 Å². The molecule has 9 heteroatoms. The Morgan fingerprint density at radius 2 is 2.29 bits per heavy atom. The van der Waals surface area contributed by atoms with Crippen LogP contribution < -0.4 is 34.7 Å². The quantitative estimate of drug-likeness (QED) is 0.403. The van der Waals surface area contributed by atoms with E-state index in [-0.39, 0.29) is 53.1 Å². The minimum absolute atomic E-state index is 0. The maximum Gasteiger partial charge on any atom is 1.00 e.